The van der Waals surface area contributed by atoms with Crippen LogP contribution in [0.2, 0.25) is 0 Å². The number of unbranched alkanes of at least 4 members (excludes halogenated alkanes) is 3. The van der Waals surface area contributed by atoms with Crippen molar-refractivity contribution in [3.8, 4) is 0 Å². The Morgan fingerprint density at radius 2 is 1.91 bits per heavy atom. The van der Waals surface area contributed by atoms with Crippen LogP contribution in [-0.4, -0.2) is 40.9 Å². The fourth-order valence-corrected chi connectivity index (χ4v) is 5.38. The molecule has 0 amide bonds. The normalized spacial score (nSPS) is 24.3. The van der Waals surface area contributed by atoms with Crippen LogP contribution < -0.4 is 0 Å². The van der Waals surface area contributed by atoms with Crippen molar-refractivity contribution in [1.29, 1.82) is 0 Å². The molecule has 1 aromatic rings. The summed E-state index contributed by atoms with van der Waals surface area (Å²) in [6.45, 7) is 6.38. The summed E-state index contributed by atoms with van der Waals surface area (Å²) in [7, 11) is 1.41. The number of hydrogen-bond acceptors (Lipinski definition) is 4. The number of ether oxygens (including phenoxy) is 1. The molecule has 0 bridgehead atoms. The van der Waals surface area contributed by atoms with Crippen LogP contribution in [0.5, 0.6) is 0 Å². The lowest BCUT2D eigenvalue weighted by molar-refractivity contribution is -0.140. The number of hydrogen-bond donors (Lipinski definition) is 2. The van der Waals surface area contributed by atoms with E-state index in [1.807, 2.05) is 0 Å². The minimum Gasteiger partial charge on any atom is -0.469 e. The molecular formula is C28H43ClO4. The second-order valence-corrected chi connectivity index (χ2v) is 10.6. The maximum atomic E-state index is 11.2. The van der Waals surface area contributed by atoms with Gasteiger partial charge in [-0.1, -0.05) is 76.5 Å². The van der Waals surface area contributed by atoms with Crippen molar-refractivity contribution in [2.75, 3.05) is 7.11 Å². The average Bonchev–Trinajstić information content (AvgIpc) is 3.08. The number of rotatable bonds is 13. The third-order valence-electron chi connectivity index (χ3n) is 7.32. The Hall–Kier alpha value is -1.36. The maximum absolute atomic E-state index is 11.2. The van der Waals surface area contributed by atoms with E-state index in [1.165, 1.54) is 7.11 Å². The van der Waals surface area contributed by atoms with Crippen molar-refractivity contribution in [2.45, 2.75) is 107 Å². The zero-order valence-electron chi connectivity index (χ0n) is 20.8. The molecule has 1 aromatic carbocycles. The van der Waals surface area contributed by atoms with Gasteiger partial charge in [0.2, 0.25) is 0 Å². The highest BCUT2D eigenvalue weighted by molar-refractivity contribution is 6.21. The molecule has 0 saturated heterocycles. The summed E-state index contributed by atoms with van der Waals surface area (Å²) in [6, 6.07) is 8.41. The van der Waals surface area contributed by atoms with E-state index in [4.69, 9.17) is 11.6 Å². The quantitative estimate of drug-likeness (QED) is 0.152. The Morgan fingerprint density at radius 1 is 1.21 bits per heavy atom. The molecule has 33 heavy (non-hydrogen) atoms. The zero-order chi connectivity index (χ0) is 24.4. The Bertz CT molecular complexity index is 743. The molecule has 0 heterocycles. The Labute approximate surface area is 205 Å². The fraction of sp³-hybridized carbons (Fsp3) is 0.679. The van der Waals surface area contributed by atoms with Crippen LogP contribution in [-0.2, 0) is 14.9 Å². The monoisotopic (exact) mass is 478 g/mol. The predicted molar refractivity (Wildman–Crippen MR) is 136 cm³/mol. The molecule has 2 N–H and O–H groups in total. The van der Waals surface area contributed by atoms with E-state index in [2.05, 4.69) is 61.9 Å². The fourth-order valence-electron chi connectivity index (χ4n) is 4.94. The van der Waals surface area contributed by atoms with Crippen LogP contribution in [0.3, 0.4) is 0 Å². The van der Waals surface area contributed by atoms with E-state index in [1.54, 1.807) is 0 Å². The standard InChI is InChI=1S/C28H43ClO4/c1-5-6-9-13-25(31)28(2,3)21-17-15-20(16-18-21)27-22(23(29)19-24(27)30)12-10-7-8-11-14-26(32)33-4/h7,10,15-18,22-25,27,30-31H,5-6,8-9,11-14,19H2,1-4H3/t22-,23+,24+,25?,27+/m0/s1. The van der Waals surface area contributed by atoms with Gasteiger partial charge in [0.1, 0.15) is 0 Å². The first-order valence-electron chi connectivity index (χ1n) is 12.5. The molecule has 1 saturated carbocycles. The van der Waals surface area contributed by atoms with Gasteiger partial charge in [-0.15, -0.1) is 11.6 Å². The molecule has 1 aliphatic carbocycles. The molecule has 186 valence electrons. The van der Waals surface area contributed by atoms with E-state index in [9.17, 15) is 15.0 Å². The summed E-state index contributed by atoms with van der Waals surface area (Å²) in [5.41, 5.74) is 1.91. The van der Waals surface area contributed by atoms with Crippen LogP contribution in [0.15, 0.2) is 36.4 Å². The second kappa shape index (κ2) is 13.5. The van der Waals surface area contributed by atoms with Gasteiger partial charge >= 0.3 is 5.97 Å². The smallest absolute Gasteiger partial charge is 0.305 e. The number of allylic oxidation sites excluding steroid dienone is 2. The lowest BCUT2D eigenvalue weighted by Gasteiger charge is -2.32. The summed E-state index contributed by atoms with van der Waals surface area (Å²) in [4.78, 5) is 11.2. The van der Waals surface area contributed by atoms with E-state index >= 15 is 0 Å². The van der Waals surface area contributed by atoms with Crippen molar-refractivity contribution in [3.63, 3.8) is 0 Å². The van der Waals surface area contributed by atoms with E-state index in [-0.39, 0.29) is 34.7 Å². The van der Waals surface area contributed by atoms with Crippen molar-refractivity contribution in [1.82, 2.24) is 0 Å². The van der Waals surface area contributed by atoms with Gasteiger partial charge in [-0.05, 0) is 49.1 Å². The predicted octanol–water partition coefficient (Wildman–Crippen LogP) is 6.27. The van der Waals surface area contributed by atoms with Crippen LogP contribution >= 0.6 is 11.6 Å². The van der Waals surface area contributed by atoms with Gasteiger partial charge in [-0.2, -0.15) is 0 Å². The summed E-state index contributed by atoms with van der Waals surface area (Å²) < 4.78 is 4.67. The van der Waals surface area contributed by atoms with Crippen molar-refractivity contribution in [2.24, 2.45) is 5.92 Å². The minimum atomic E-state index is -0.455. The number of benzene rings is 1. The van der Waals surface area contributed by atoms with Gasteiger partial charge in [-0.25, -0.2) is 0 Å². The number of aliphatic hydroxyl groups is 2. The van der Waals surface area contributed by atoms with Crippen LogP contribution in [0.1, 0.15) is 95.6 Å². The first-order chi connectivity index (χ1) is 15.7. The number of methoxy groups -OCH3 is 1. The summed E-state index contributed by atoms with van der Waals surface area (Å²) in [5.74, 6) is -0.0146. The molecular weight excluding hydrogens is 436 g/mol. The summed E-state index contributed by atoms with van der Waals surface area (Å²) in [6.07, 6.45) is 11.0. The van der Waals surface area contributed by atoms with Gasteiger partial charge in [0, 0.05) is 23.1 Å². The molecule has 1 aliphatic rings. The van der Waals surface area contributed by atoms with Crippen molar-refractivity contribution >= 4 is 17.6 Å². The highest BCUT2D eigenvalue weighted by Crippen LogP contribution is 2.45. The van der Waals surface area contributed by atoms with Crippen LogP contribution in [0, 0.1) is 5.92 Å². The van der Waals surface area contributed by atoms with Gasteiger partial charge in [0.15, 0.2) is 0 Å². The van der Waals surface area contributed by atoms with E-state index in [0.29, 0.717) is 12.8 Å². The number of carbonyl (C=O) groups excluding carboxylic acids is 1. The van der Waals surface area contributed by atoms with Gasteiger partial charge < -0.3 is 14.9 Å². The number of esters is 1. The number of aliphatic hydroxyl groups excluding tert-OH is 2. The van der Waals surface area contributed by atoms with Crippen LogP contribution in [0.4, 0.5) is 0 Å². The lowest BCUT2D eigenvalue weighted by atomic mass is 9.76. The first-order valence-corrected chi connectivity index (χ1v) is 13.0. The molecule has 0 aliphatic heterocycles. The zero-order valence-corrected chi connectivity index (χ0v) is 21.6. The third kappa shape index (κ3) is 7.83. The van der Waals surface area contributed by atoms with Crippen molar-refractivity contribution in [3.05, 3.63) is 47.5 Å². The molecule has 2 rings (SSSR count). The number of alkyl halides is 1. The summed E-state index contributed by atoms with van der Waals surface area (Å²) >= 11 is 6.64. The molecule has 4 nitrogen and oxygen atoms in total. The highest BCUT2D eigenvalue weighted by atomic mass is 35.5. The molecule has 5 heteroatoms. The largest absolute Gasteiger partial charge is 0.469 e. The molecule has 0 radical (unpaired) electrons. The Balaban J connectivity index is 2.02. The molecule has 0 spiro atoms. The number of halogens is 1. The average molecular weight is 479 g/mol. The second-order valence-electron chi connectivity index (χ2n) is 10.0. The first kappa shape index (κ1) is 27.9. The Kier molecular flexibility index (Phi) is 11.4. The minimum absolute atomic E-state index is 0.00106. The lowest BCUT2D eigenvalue weighted by Crippen LogP contribution is -2.33. The maximum Gasteiger partial charge on any atom is 0.305 e. The number of carbonyl (C=O) groups is 1. The summed E-state index contributed by atoms with van der Waals surface area (Å²) in [5, 5.41) is 21.5. The molecule has 1 unspecified atom stereocenters. The van der Waals surface area contributed by atoms with Crippen LogP contribution in [0.25, 0.3) is 0 Å². The highest BCUT2D eigenvalue weighted by Gasteiger charge is 2.41. The van der Waals surface area contributed by atoms with Gasteiger partial charge in [0.05, 0.1) is 19.3 Å². The van der Waals surface area contributed by atoms with Crippen molar-refractivity contribution < 1.29 is 19.7 Å². The van der Waals surface area contributed by atoms with E-state index < -0.39 is 6.10 Å². The topological polar surface area (TPSA) is 66.8 Å². The molecule has 1 fully saturated rings. The van der Waals surface area contributed by atoms with E-state index in [0.717, 1.165) is 56.1 Å². The SMILES string of the molecule is CCCCCC(O)C(C)(C)c1ccc([C@@H]2[C@@H](CC=CCCCC(=O)OC)[C@H](Cl)C[C@H]2O)cc1. The molecule has 0 aromatic heterocycles. The van der Waals surface area contributed by atoms with Gasteiger partial charge in [0.25, 0.3) is 0 Å². The Morgan fingerprint density at radius 3 is 2.55 bits per heavy atom. The molecule has 5 atom stereocenters. The third-order valence-corrected chi connectivity index (χ3v) is 7.82. The van der Waals surface area contributed by atoms with Gasteiger partial charge in [-0.3, -0.25) is 4.79 Å².